The minimum Gasteiger partial charge on any atom is -0.368 e. The van der Waals surface area contributed by atoms with E-state index in [1.807, 2.05) is 17.0 Å². The summed E-state index contributed by atoms with van der Waals surface area (Å²) in [7, 11) is -3.57. The minimum absolute atomic E-state index is 0.291. The summed E-state index contributed by atoms with van der Waals surface area (Å²) in [4.78, 5) is 14.4. The summed E-state index contributed by atoms with van der Waals surface area (Å²) in [6.45, 7) is 1.38. The van der Waals surface area contributed by atoms with Gasteiger partial charge in [-0.05, 0) is 60.2 Å². The van der Waals surface area contributed by atoms with Crippen molar-refractivity contribution in [2.75, 3.05) is 26.2 Å². The highest BCUT2D eigenvalue weighted by atomic mass is 32.2. The van der Waals surface area contributed by atoms with Crippen LogP contribution in [0.25, 0.3) is 0 Å². The van der Waals surface area contributed by atoms with Gasteiger partial charge in [0.2, 0.25) is 15.9 Å². The molecule has 0 aromatic heterocycles. The van der Waals surface area contributed by atoms with Gasteiger partial charge in [-0.2, -0.15) is 9.57 Å². The summed E-state index contributed by atoms with van der Waals surface area (Å²) in [6.07, 6.45) is 3.01. The Hall–Kier alpha value is -2.73. The normalized spacial score (nSPS) is 18.5. The second kappa shape index (κ2) is 8.19. The number of carbonyl (C=O) groups is 1. The maximum absolute atomic E-state index is 13.1. The van der Waals surface area contributed by atoms with Crippen LogP contribution < -0.4 is 5.73 Å². The van der Waals surface area contributed by atoms with Crippen LogP contribution in [-0.4, -0.2) is 49.7 Å². The molecule has 0 spiro atoms. The lowest BCUT2D eigenvalue weighted by Crippen LogP contribution is -2.51. The van der Waals surface area contributed by atoms with E-state index in [-0.39, 0.29) is 0 Å². The summed E-state index contributed by atoms with van der Waals surface area (Å²) in [6, 6.07) is 13.6. The molecule has 1 heterocycles. The molecule has 2 aromatic rings. The molecule has 30 heavy (non-hydrogen) atoms. The molecule has 2 aromatic carbocycles. The van der Waals surface area contributed by atoms with Crippen LogP contribution in [0.15, 0.2) is 47.4 Å². The van der Waals surface area contributed by atoms with Crippen molar-refractivity contribution in [1.29, 1.82) is 5.26 Å². The zero-order valence-electron chi connectivity index (χ0n) is 16.6. The average Bonchev–Trinajstić information content (AvgIpc) is 3.22. The maximum atomic E-state index is 13.1. The van der Waals surface area contributed by atoms with Crippen molar-refractivity contribution in [3.63, 3.8) is 0 Å². The monoisotopic (exact) mass is 424 g/mol. The summed E-state index contributed by atoms with van der Waals surface area (Å²) >= 11 is 0. The number of nitrogens with zero attached hydrogens (tertiary/aromatic N) is 3. The number of sulfonamides is 1. The van der Waals surface area contributed by atoms with E-state index < -0.39 is 22.0 Å². The van der Waals surface area contributed by atoms with E-state index in [1.165, 1.54) is 9.87 Å². The molecule has 1 aliphatic carbocycles. The standard InChI is InChI=1S/C22H24N4O3S/c23-15-16-4-6-18(7-5-16)21(22(24)27)25-10-12-26(13-11-25)30(28,29)20-9-8-17-2-1-3-19(17)14-20/h4-9,14,21H,1-3,10-13H2,(H2,24,27). The quantitative estimate of drug-likeness (QED) is 0.784. The van der Waals surface area contributed by atoms with Crippen LogP contribution in [0, 0.1) is 11.3 Å². The number of benzene rings is 2. The SMILES string of the molecule is N#Cc1ccc(C(C(N)=O)N2CCN(S(=O)(=O)c3ccc4c(c3)CCC4)CC2)cc1. The van der Waals surface area contributed by atoms with Gasteiger partial charge in [0.25, 0.3) is 0 Å². The fraction of sp³-hybridized carbons (Fsp3) is 0.364. The average molecular weight is 425 g/mol. The summed E-state index contributed by atoms with van der Waals surface area (Å²) in [5, 5.41) is 8.96. The predicted octanol–water partition coefficient (Wildman–Crippen LogP) is 1.58. The lowest BCUT2D eigenvalue weighted by Gasteiger charge is -2.37. The number of carbonyl (C=O) groups excluding carboxylic acids is 1. The van der Waals surface area contributed by atoms with E-state index in [1.54, 1.807) is 30.3 Å². The second-order valence-corrected chi connectivity index (χ2v) is 9.70. The summed E-state index contributed by atoms with van der Waals surface area (Å²) < 4.78 is 27.7. The highest BCUT2D eigenvalue weighted by Crippen LogP contribution is 2.28. The molecule has 7 nitrogen and oxygen atoms in total. The van der Waals surface area contributed by atoms with Crippen molar-refractivity contribution in [3.05, 3.63) is 64.7 Å². The number of rotatable bonds is 5. The van der Waals surface area contributed by atoms with Crippen LogP contribution in [0.4, 0.5) is 0 Å². The predicted molar refractivity (Wildman–Crippen MR) is 112 cm³/mol. The Morgan fingerprint density at radius 1 is 1.00 bits per heavy atom. The Balaban J connectivity index is 1.49. The van der Waals surface area contributed by atoms with Crippen molar-refractivity contribution >= 4 is 15.9 Å². The van der Waals surface area contributed by atoms with Crippen molar-refractivity contribution in [2.24, 2.45) is 5.73 Å². The van der Waals surface area contributed by atoms with Gasteiger partial charge in [0.1, 0.15) is 6.04 Å². The first-order valence-corrected chi connectivity index (χ1v) is 11.5. The number of hydrogen-bond donors (Lipinski definition) is 1. The Morgan fingerprint density at radius 2 is 1.67 bits per heavy atom. The van der Waals surface area contributed by atoms with Crippen molar-refractivity contribution in [2.45, 2.75) is 30.2 Å². The maximum Gasteiger partial charge on any atom is 0.243 e. The van der Waals surface area contributed by atoms with E-state index in [4.69, 9.17) is 11.0 Å². The fourth-order valence-corrected chi connectivity index (χ4v) is 5.83. The molecule has 1 unspecified atom stereocenters. The number of nitrogens with two attached hydrogens (primary N) is 1. The molecule has 1 amide bonds. The van der Waals surface area contributed by atoms with Crippen LogP contribution in [-0.2, 0) is 27.7 Å². The van der Waals surface area contributed by atoms with Gasteiger partial charge in [-0.25, -0.2) is 8.42 Å². The Labute approximate surface area is 176 Å². The van der Waals surface area contributed by atoms with Crippen LogP contribution >= 0.6 is 0 Å². The molecule has 1 aliphatic heterocycles. The summed E-state index contributed by atoms with van der Waals surface area (Å²) in [5.74, 6) is -0.491. The number of primary amides is 1. The van der Waals surface area contributed by atoms with Gasteiger partial charge in [-0.15, -0.1) is 0 Å². The molecule has 0 radical (unpaired) electrons. The largest absolute Gasteiger partial charge is 0.368 e. The third-order valence-electron chi connectivity index (χ3n) is 5.97. The second-order valence-electron chi connectivity index (χ2n) is 7.76. The molecule has 4 rings (SSSR count). The smallest absolute Gasteiger partial charge is 0.243 e. The first-order valence-electron chi connectivity index (χ1n) is 10.1. The highest BCUT2D eigenvalue weighted by Gasteiger charge is 2.34. The van der Waals surface area contributed by atoms with Gasteiger partial charge in [0, 0.05) is 26.2 Å². The van der Waals surface area contributed by atoms with Gasteiger partial charge in [-0.1, -0.05) is 18.2 Å². The molecule has 2 aliphatic rings. The highest BCUT2D eigenvalue weighted by molar-refractivity contribution is 7.89. The van der Waals surface area contributed by atoms with Crippen molar-refractivity contribution < 1.29 is 13.2 Å². The molecule has 0 saturated carbocycles. The lowest BCUT2D eigenvalue weighted by molar-refractivity contribution is -0.124. The third-order valence-corrected chi connectivity index (χ3v) is 7.87. The van der Waals surface area contributed by atoms with E-state index in [0.717, 1.165) is 24.8 Å². The molecular weight excluding hydrogens is 400 g/mol. The van der Waals surface area contributed by atoms with Crippen LogP contribution in [0.1, 0.15) is 34.7 Å². The number of fused-ring (bicyclic) bond motifs is 1. The topological polar surface area (TPSA) is 107 Å². The number of aryl methyl sites for hydroxylation is 2. The lowest BCUT2D eigenvalue weighted by atomic mass is 10.0. The van der Waals surface area contributed by atoms with Gasteiger partial charge >= 0.3 is 0 Å². The van der Waals surface area contributed by atoms with Gasteiger partial charge in [0.15, 0.2) is 0 Å². The van der Waals surface area contributed by atoms with Gasteiger partial charge in [0.05, 0.1) is 16.5 Å². The molecule has 1 atom stereocenters. The fourth-order valence-electron chi connectivity index (χ4n) is 4.35. The Morgan fingerprint density at radius 3 is 2.30 bits per heavy atom. The number of hydrogen-bond acceptors (Lipinski definition) is 5. The first-order chi connectivity index (χ1) is 14.4. The van der Waals surface area contributed by atoms with Crippen molar-refractivity contribution in [1.82, 2.24) is 9.21 Å². The van der Waals surface area contributed by atoms with Gasteiger partial charge < -0.3 is 5.73 Å². The van der Waals surface area contributed by atoms with E-state index in [0.29, 0.717) is 42.2 Å². The Bertz CT molecular complexity index is 1100. The third kappa shape index (κ3) is 3.84. The van der Waals surface area contributed by atoms with E-state index in [9.17, 15) is 13.2 Å². The first kappa shape index (κ1) is 20.5. The molecule has 156 valence electrons. The van der Waals surface area contributed by atoms with Crippen LogP contribution in [0.2, 0.25) is 0 Å². The number of nitriles is 1. The molecule has 8 heteroatoms. The van der Waals surface area contributed by atoms with E-state index in [2.05, 4.69) is 6.07 Å². The zero-order valence-corrected chi connectivity index (χ0v) is 17.4. The van der Waals surface area contributed by atoms with Crippen molar-refractivity contribution in [3.8, 4) is 6.07 Å². The van der Waals surface area contributed by atoms with Gasteiger partial charge in [-0.3, -0.25) is 9.69 Å². The molecule has 2 N–H and O–H groups in total. The molecule has 1 fully saturated rings. The van der Waals surface area contributed by atoms with Crippen LogP contribution in [0.5, 0.6) is 0 Å². The zero-order chi connectivity index (χ0) is 21.3. The van der Waals surface area contributed by atoms with E-state index >= 15 is 0 Å². The molecule has 1 saturated heterocycles. The van der Waals surface area contributed by atoms with Crippen LogP contribution in [0.3, 0.4) is 0 Å². The number of amides is 1. The Kier molecular flexibility index (Phi) is 5.60. The minimum atomic E-state index is -3.57. The number of piperazine rings is 1. The molecular formula is C22H24N4O3S. The summed E-state index contributed by atoms with van der Waals surface area (Å²) in [5.41, 5.74) is 9.24. The molecule has 0 bridgehead atoms.